The van der Waals surface area contributed by atoms with Gasteiger partial charge in [-0.2, -0.15) is 11.3 Å². The van der Waals surface area contributed by atoms with E-state index in [0.717, 1.165) is 24.3 Å². The summed E-state index contributed by atoms with van der Waals surface area (Å²) in [4.78, 5) is 14.1. The molecule has 1 saturated heterocycles. The summed E-state index contributed by atoms with van der Waals surface area (Å²) >= 11 is 1.55. The molecule has 19 heavy (non-hydrogen) atoms. The third-order valence-electron chi connectivity index (χ3n) is 3.25. The smallest absolute Gasteiger partial charge is 0.254 e. The van der Waals surface area contributed by atoms with E-state index in [1.54, 1.807) is 11.3 Å². The topological polar surface area (TPSA) is 29.5 Å². The van der Waals surface area contributed by atoms with Gasteiger partial charge in [0.15, 0.2) is 0 Å². The van der Waals surface area contributed by atoms with Gasteiger partial charge in [-0.15, -0.1) is 0 Å². The van der Waals surface area contributed by atoms with Gasteiger partial charge < -0.3 is 9.64 Å². The van der Waals surface area contributed by atoms with Crippen LogP contribution in [-0.2, 0) is 0 Å². The summed E-state index contributed by atoms with van der Waals surface area (Å²) in [6, 6.07) is 11.6. The Labute approximate surface area is 116 Å². The fourth-order valence-corrected chi connectivity index (χ4v) is 2.90. The van der Waals surface area contributed by atoms with Crippen LogP contribution in [0.5, 0.6) is 5.75 Å². The van der Waals surface area contributed by atoms with Crippen molar-refractivity contribution in [3.63, 3.8) is 0 Å². The van der Waals surface area contributed by atoms with E-state index in [-0.39, 0.29) is 12.0 Å². The van der Waals surface area contributed by atoms with E-state index >= 15 is 0 Å². The van der Waals surface area contributed by atoms with Crippen molar-refractivity contribution >= 4 is 17.2 Å². The van der Waals surface area contributed by atoms with Crippen molar-refractivity contribution in [1.82, 2.24) is 4.90 Å². The highest BCUT2D eigenvalue weighted by molar-refractivity contribution is 7.08. The van der Waals surface area contributed by atoms with Crippen LogP contribution >= 0.6 is 11.3 Å². The number of carbonyl (C=O) groups excluding carboxylic acids is 1. The molecule has 0 bridgehead atoms. The van der Waals surface area contributed by atoms with Crippen LogP contribution in [0, 0.1) is 0 Å². The van der Waals surface area contributed by atoms with Crippen LogP contribution in [0.15, 0.2) is 47.2 Å². The summed E-state index contributed by atoms with van der Waals surface area (Å²) in [5.41, 5.74) is 0.783. The molecular formula is C15H15NO2S. The van der Waals surface area contributed by atoms with Crippen LogP contribution in [0.2, 0.25) is 0 Å². The molecule has 1 aliphatic rings. The lowest BCUT2D eigenvalue weighted by molar-refractivity contribution is 0.0773. The molecule has 0 saturated carbocycles. The fraction of sp³-hybridized carbons (Fsp3) is 0.267. The second kappa shape index (κ2) is 5.45. The molecule has 1 atom stereocenters. The van der Waals surface area contributed by atoms with E-state index in [1.807, 2.05) is 52.1 Å². The van der Waals surface area contributed by atoms with Gasteiger partial charge in [0.05, 0.1) is 12.1 Å². The van der Waals surface area contributed by atoms with Crippen molar-refractivity contribution in [2.45, 2.75) is 12.5 Å². The van der Waals surface area contributed by atoms with Gasteiger partial charge in [0.2, 0.25) is 0 Å². The number of thiophene rings is 1. The number of nitrogens with zero attached hydrogens (tertiary/aromatic N) is 1. The minimum absolute atomic E-state index is 0.102. The van der Waals surface area contributed by atoms with E-state index in [1.165, 1.54) is 0 Å². The molecule has 3 nitrogen and oxygen atoms in total. The van der Waals surface area contributed by atoms with Crippen molar-refractivity contribution in [2.75, 3.05) is 13.1 Å². The second-order valence-electron chi connectivity index (χ2n) is 4.60. The highest BCUT2D eigenvalue weighted by Gasteiger charge is 2.28. The maximum Gasteiger partial charge on any atom is 0.254 e. The van der Waals surface area contributed by atoms with E-state index in [9.17, 15) is 4.79 Å². The molecule has 1 unspecified atom stereocenters. The number of hydrogen-bond donors (Lipinski definition) is 0. The predicted molar refractivity (Wildman–Crippen MR) is 75.7 cm³/mol. The van der Waals surface area contributed by atoms with Crippen LogP contribution < -0.4 is 4.74 Å². The first-order valence-corrected chi connectivity index (χ1v) is 7.30. The average molecular weight is 273 g/mol. The molecule has 0 spiro atoms. The van der Waals surface area contributed by atoms with E-state index < -0.39 is 0 Å². The van der Waals surface area contributed by atoms with Crippen LogP contribution in [0.4, 0.5) is 0 Å². The molecule has 0 aliphatic carbocycles. The molecule has 1 fully saturated rings. The molecule has 1 aromatic carbocycles. The van der Waals surface area contributed by atoms with Gasteiger partial charge in [0.25, 0.3) is 5.91 Å². The highest BCUT2D eigenvalue weighted by atomic mass is 32.1. The molecule has 0 radical (unpaired) electrons. The molecule has 2 heterocycles. The van der Waals surface area contributed by atoms with Gasteiger partial charge in [-0.3, -0.25) is 4.79 Å². The molecule has 1 aliphatic heterocycles. The molecule has 98 valence electrons. The van der Waals surface area contributed by atoms with Crippen LogP contribution in [-0.4, -0.2) is 30.0 Å². The molecule has 2 aromatic rings. The SMILES string of the molecule is O=C(c1ccsc1)N1CCC(Oc2ccccc2)C1. The van der Waals surface area contributed by atoms with Gasteiger partial charge in [-0.05, 0) is 23.6 Å². The highest BCUT2D eigenvalue weighted by Crippen LogP contribution is 2.20. The van der Waals surface area contributed by atoms with E-state index in [4.69, 9.17) is 4.74 Å². The average Bonchev–Trinajstić information content (AvgIpc) is 3.10. The zero-order valence-electron chi connectivity index (χ0n) is 10.5. The number of benzene rings is 1. The monoisotopic (exact) mass is 273 g/mol. The minimum Gasteiger partial charge on any atom is -0.489 e. The number of likely N-dealkylation sites (tertiary alicyclic amines) is 1. The van der Waals surface area contributed by atoms with Gasteiger partial charge in [0.1, 0.15) is 11.9 Å². The van der Waals surface area contributed by atoms with Crippen molar-refractivity contribution in [3.8, 4) is 5.75 Å². The fourth-order valence-electron chi connectivity index (χ4n) is 2.27. The van der Waals surface area contributed by atoms with Crippen LogP contribution in [0.1, 0.15) is 16.8 Å². The number of rotatable bonds is 3. The van der Waals surface area contributed by atoms with Gasteiger partial charge in [0, 0.05) is 18.3 Å². The second-order valence-corrected chi connectivity index (χ2v) is 5.38. The Morgan fingerprint density at radius 1 is 1.26 bits per heavy atom. The first-order chi connectivity index (χ1) is 9.33. The quantitative estimate of drug-likeness (QED) is 0.860. The molecule has 1 amide bonds. The molecule has 0 N–H and O–H groups in total. The summed E-state index contributed by atoms with van der Waals surface area (Å²) in [5.74, 6) is 0.984. The minimum atomic E-state index is 0.102. The summed E-state index contributed by atoms with van der Waals surface area (Å²) in [7, 11) is 0. The van der Waals surface area contributed by atoms with Crippen LogP contribution in [0.3, 0.4) is 0 Å². The number of carbonyl (C=O) groups is 1. The Hall–Kier alpha value is -1.81. The van der Waals surface area contributed by atoms with Crippen molar-refractivity contribution in [1.29, 1.82) is 0 Å². The maximum absolute atomic E-state index is 12.2. The summed E-state index contributed by atoms with van der Waals surface area (Å²) in [5, 5.41) is 3.83. The predicted octanol–water partition coefficient (Wildman–Crippen LogP) is 3.04. The molecule has 3 rings (SSSR count). The van der Waals surface area contributed by atoms with Gasteiger partial charge in [-0.1, -0.05) is 18.2 Å². The van der Waals surface area contributed by atoms with Crippen molar-refractivity contribution in [2.24, 2.45) is 0 Å². The van der Waals surface area contributed by atoms with Crippen molar-refractivity contribution < 1.29 is 9.53 Å². The van der Waals surface area contributed by atoms with E-state index in [2.05, 4.69) is 0 Å². The lowest BCUT2D eigenvalue weighted by atomic mass is 10.3. The standard InChI is InChI=1S/C15H15NO2S/c17-15(12-7-9-19-11-12)16-8-6-14(10-16)18-13-4-2-1-3-5-13/h1-5,7,9,11,14H,6,8,10H2. The molecule has 4 heteroatoms. The third kappa shape index (κ3) is 2.79. The maximum atomic E-state index is 12.2. The van der Waals surface area contributed by atoms with Gasteiger partial charge in [-0.25, -0.2) is 0 Å². The number of hydrogen-bond acceptors (Lipinski definition) is 3. The van der Waals surface area contributed by atoms with Crippen LogP contribution in [0.25, 0.3) is 0 Å². The molecule has 1 aromatic heterocycles. The zero-order valence-corrected chi connectivity index (χ0v) is 11.3. The Bertz CT molecular complexity index is 539. The summed E-state index contributed by atoms with van der Waals surface area (Å²) in [6.07, 6.45) is 0.995. The summed E-state index contributed by atoms with van der Waals surface area (Å²) < 4.78 is 5.88. The number of para-hydroxylation sites is 1. The number of amides is 1. The Morgan fingerprint density at radius 3 is 2.84 bits per heavy atom. The zero-order chi connectivity index (χ0) is 13.1. The normalized spacial score (nSPS) is 18.5. The van der Waals surface area contributed by atoms with E-state index in [0.29, 0.717) is 6.54 Å². The summed E-state index contributed by atoms with van der Waals surface area (Å²) in [6.45, 7) is 1.44. The van der Waals surface area contributed by atoms with Crippen molar-refractivity contribution in [3.05, 3.63) is 52.7 Å². The first-order valence-electron chi connectivity index (χ1n) is 6.36. The first kappa shape index (κ1) is 12.2. The van der Waals surface area contributed by atoms with Gasteiger partial charge >= 0.3 is 0 Å². The Balaban J connectivity index is 1.60. The lowest BCUT2D eigenvalue weighted by Crippen LogP contribution is -2.30. The lowest BCUT2D eigenvalue weighted by Gasteiger charge is -2.16. The molecular weight excluding hydrogens is 258 g/mol. The number of ether oxygens (including phenoxy) is 1. The third-order valence-corrected chi connectivity index (χ3v) is 3.93. The Kier molecular flexibility index (Phi) is 3.51. The Morgan fingerprint density at radius 2 is 2.11 bits per heavy atom. The largest absolute Gasteiger partial charge is 0.489 e.